The average molecular weight is 248 g/mol. The number of amides is 1. The summed E-state index contributed by atoms with van der Waals surface area (Å²) in [5, 5.41) is 3.25. The molecule has 1 heterocycles. The molecule has 5 N–H and O–H groups in total. The molecule has 0 spiro atoms. The van der Waals surface area contributed by atoms with Gasteiger partial charge in [-0.25, -0.2) is 4.98 Å². The number of nitrogens with zero attached hydrogens (tertiary/aromatic N) is 1. The first-order chi connectivity index (χ1) is 8.06. The lowest BCUT2D eigenvalue weighted by atomic mass is 10.1. The van der Waals surface area contributed by atoms with Crippen molar-refractivity contribution in [3.05, 3.63) is 34.8 Å². The number of rotatable bonds is 2. The molecule has 1 amide bonds. The standard InChI is InChI=1S/C11H12N4OS/c1-6-5-14-11(17-6)15-10(16)8-3-2-7(12)4-9(8)13/h2-5H,12-13H2,1H3,(H,14,15,16). The summed E-state index contributed by atoms with van der Waals surface area (Å²) >= 11 is 1.41. The van der Waals surface area contributed by atoms with Crippen LogP contribution in [0.25, 0.3) is 0 Å². The first-order valence-electron chi connectivity index (χ1n) is 4.95. The van der Waals surface area contributed by atoms with Crippen molar-refractivity contribution in [3.8, 4) is 0 Å². The van der Waals surface area contributed by atoms with Crippen LogP contribution < -0.4 is 16.8 Å². The Hall–Kier alpha value is -2.08. The highest BCUT2D eigenvalue weighted by molar-refractivity contribution is 7.15. The molecule has 0 unspecified atom stereocenters. The van der Waals surface area contributed by atoms with Gasteiger partial charge >= 0.3 is 0 Å². The lowest BCUT2D eigenvalue weighted by Gasteiger charge is -2.05. The smallest absolute Gasteiger partial charge is 0.259 e. The fourth-order valence-electron chi connectivity index (χ4n) is 1.36. The van der Waals surface area contributed by atoms with Gasteiger partial charge in [0.15, 0.2) is 5.13 Å². The molecule has 0 aliphatic rings. The van der Waals surface area contributed by atoms with Crippen LogP contribution >= 0.6 is 11.3 Å². The van der Waals surface area contributed by atoms with Gasteiger partial charge < -0.3 is 11.5 Å². The summed E-state index contributed by atoms with van der Waals surface area (Å²) in [6.45, 7) is 1.92. The molecule has 2 rings (SSSR count). The summed E-state index contributed by atoms with van der Waals surface area (Å²) in [5.74, 6) is -0.281. The van der Waals surface area contributed by atoms with Crippen molar-refractivity contribution < 1.29 is 4.79 Å². The van der Waals surface area contributed by atoms with E-state index >= 15 is 0 Å². The van der Waals surface area contributed by atoms with E-state index in [2.05, 4.69) is 10.3 Å². The normalized spacial score (nSPS) is 10.2. The lowest BCUT2D eigenvalue weighted by Crippen LogP contribution is -2.14. The van der Waals surface area contributed by atoms with Crippen LogP contribution in [0.4, 0.5) is 16.5 Å². The largest absolute Gasteiger partial charge is 0.399 e. The van der Waals surface area contributed by atoms with Gasteiger partial charge in [-0.1, -0.05) is 0 Å². The third-order valence-electron chi connectivity index (χ3n) is 2.16. The van der Waals surface area contributed by atoms with E-state index in [4.69, 9.17) is 11.5 Å². The number of carbonyl (C=O) groups is 1. The summed E-state index contributed by atoms with van der Waals surface area (Å²) in [6.07, 6.45) is 1.70. The number of benzene rings is 1. The topological polar surface area (TPSA) is 94.0 Å². The van der Waals surface area contributed by atoms with Crippen LogP contribution in [0.15, 0.2) is 24.4 Å². The van der Waals surface area contributed by atoms with Crippen molar-refractivity contribution in [1.29, 1.82) is 0 Å². The van der Waals surface area contributed by atoms with Gasteiger partial charge in [-0.3, -0.25) is 10.1 Å². The maximum Gasteiger partial charge on any atom is 0.259 e. The molecule has 0 aliphatic heterocycles. The van der Waals surface area contributed by atoms with Crippen molar-refractivity contribution in [2.75, 3.05) is 16.8 Å². The summed E-state index contributed by atoms with van der Waals surface area (Å²) < 4.78 is 0. The van der Waals surface area contributed by atoms with Crippen molar-refractivity contribution in [2.24, 2.45) is 0 Å². The molecule has 0 fully saturated rings. The van der Waals surface area contributed by atoms with Crippen LogP contribution in [0.3, 0.4) is 0 Å². The van der Waals surface area contributed by atoms with Crippen LogP contribution in [0.5, 0.6) is 0 Å². The fraction of sp³-hybridized carbons (Fsp3) is 0.0909. The Morgan fingerprint density at radius 2 is 2.18 bits per heavy atom. The highest BCUT2D eigenvalue weighted by Crippen LogP contribution is 2.20. The molecule has 5 nitrogen and oxygen atoms in total. The highest BCUT2D eigenvalue weighted by Gasteiger charge is 2.11. The SMILES string of the molecule is Cc1cnc(NC(=O)c2ccc(N)cc2N)s1. The van der Waals surface area contributed by atoms with Crippen molar-refractivity contribution in [2.45, 2.75) is 6.92 Å². The minimum Gasteiger partial charge on any atom is -0.399 e. The molecular formula is C11H12N4OS. The first-order valence-corrected chi connectivity index (χ1v) is 5.76. The molecule has 1 aromatic heterocycles. The Morgan fingerprint density at radius 3 is 2.76 bits per heavy atom. The second-order valence-electron chi connectivity index (χ2n) is 3.58. The maximum atomic E-state index is 11.9. The van der Waals surface area contributed by atoms with E-state index in [0.29, 0.717) is 22.1 Å². The molecule has 0 aliphatic carbocycles. The monoisotopic (exact) mass is 248 g/mol. The molecule has 1 aromatic carbocycles. The Balaban J connectivity index is 2.20. The van der Waals surface area contributed by atoms with Crippen molar-refractivity contribution in [3.63, 3.8) is 0 Å². The van der Waals surface area contributed by atoms with Gasteiger partial charge in [-0.2, -0.15) is 0 Å². The predicted molar refractivity (Wildman–Crippen MR) is 70.1 cm³/mol. The molecular weight excluding hydrogens is 236 g/mol. The molecule has 0 atom stereocenters. The zero-order valence-electron chi connectivity index (χ0n) is 9.23. The molecule has 0 saturated carbocycles. The molecule has 17 heavy (non-hydrogen) atoms. The summed E-state index contributed by atoms with van der Waals surface area (Å²) in [7, 11) is 0. The number of nitrogens with one attached hydrogen (secondary N) is 1. The number of hydrogen-bond acceptors (Lipinski definition) is 5. The van der Waals surface area contributed by atoms with E-state index in [0.717, 1.165) is 4.88 Å². The molecule has 88 valence electrons. The molecule has 0 radical (unpaired) electrons. The lowest BCUT2D eigenvalue weighted by molar-refractivity contribution is 0.102. The maximum absolute atomic E-state index is 11.9. The number of nitrogens with two attached hydrogens (primary N) is 2. The summed E-state index contributed by atoms with van der Waals surface area (Å²) in [4.78, 5) is 17.0. The van der Waals surface area contributed by atoms with Gasteiger partial charge in [0, 0.05) is 22.4 Å². The van der Waals surface area contributed by atoms with Gasteiger partial charge in [-0.05, 0) is 25.1 Å². The minimum absolute atomic E-state index is 0.281. The number of carbonyl (C=O) groups excluding carboxylic acids is 1. The van der Waals surface area contributed by atoms with Gasteiger partial charge in [0.1, 0.15) is 0 Å². The van der Waals surface area contributed by atoms with Crippen molar-refractivity contribution >= 4 is 33.8 Å². The van der Waals surface area contributed by atoms with Gasteiger partial charge in [0.25, 0.3) is 5.91 Å². The van der Waals surface area contributed by atoms with Crippen LogP contribution in [0, 0.1) is 6.92 Å². The first kappa shape index (κ1) is 11.4. The summed E-state index contributed by atoms with van der Waals surface area (Å²) in [5.41, 5.74) is 12.6. The summed E-state index contributed by atoms with van der Waals surface area (Å²) in [6, 6.07) is 4.79. The Kier molecular flexibility index (Phi) is 2.97. The number of nitrogen functional groups attached to an aromatic ring is 2. The average Bonchev–Trinajstić information content (AvgIpc) is 2.63. The number of thiazole rings is 1. The van der Waals surface area contributed by atoms with Crippen LogP contribution in [0.1, 0.15) is 15.2 Å². The van der Waals surface area contributed by atoms with E-state index < -0.39 is 0 Å². The Morgan fingerprint density at radius 1 is 1.41 bits per heavy atom. The number of aryl methyl sites for hydroxylation is 1. The predicted octanol–water partition coefficient (Wildman–Crippen LogP) is 1.87. The van der Waals surface area contributed by atoms with Gasteiger partial charge in [0.05, 0.1) is 5.56 Å². The van der Waals surface area contributed by atoms with E-state index in [9.17, 15) is 4.79 Å². The second kappa shape index (κ2) is 4.42. The quantitative estimate of drug-likeness (QED) is 0.707. The number of hydrogen-bond donors (Lipinski definition) is 3. The Labute approximate surface area is 102 Å². The molecule has 6 heteroatoms. The van der Waals surface area contributed by atoms with E-state index in [1.807, 2.05) is 6.92 Å². The third kappa shape index (κ3) is 2.54. The van der Waals surface area contributed by atoms with Crippen LogP contribution in [-0.2, 0) is 0 Å². The fourth-order valence-corrected chi connectivity index (χ4v) is 2.02. The molecule has 0 saturated heterocycles. The van der Waals surface area contributed by atoms with E-state index in [-0.39, 0.29) is 5.91 Å². The van der Waals surface area contributed by atoms with E-state index in [1.165, 1.54) is 11.3 Å². The zero-order chi connectivity index (χ0) is 12.4. The molecule has 0 bridgehead atoms. The molecule has 2 aromatic rings. The van der Waals surface area contributed by atoms with Gasteiger partial charge in [0.2, 0.25) is 0 Å². The zero-order valence-corrected chi connectivity index (χ0v) is 10.0. The highest BCUT2D eigenvalue weighted by atomic mass is 32.1. The van der Waals surface area contributed by atoms with Gasteiger partial charge in [-0.15, -0.1) is 11.3 Å². The van der Waals surface area contributed by atoms with Crippen LogP contribution in [0.2, 0.25) is 0 Å². The van der Waals surface area contributed by atoms with Crippen LogP contribution in [-0.4, -0.2) is 10.9 Å². The Bertz CT molecular complexity index is 564. The third-order valence-corrected chi connectivity index (χ3v) is 2.99. The number of anilines is 3. The number of aromatic nitrogens is 1. The second-order valence-corrected chi connectivity index (χ2v) is 4.81. The van der Waals surface area contributed by atoms with E-state index in [1.54, 1.807) is 24.4 Å². The van der Waals surface area contributed by atoms with Crippen molar-refractivity contribution in [1.82, 2.24) is 4.98 Å². The minimum atomic E-state index is -0.281.